The number of rotatable bonds is 3. The fraction of sp³-hybridized carbons (Fsp3) is 0.778. The molecule has 1 N–H and O–H groups in total. The van der Waals surface area contributed by atoms with Crippen LogP contribution in [0.15, 0.2) is 0 Å². The van der Waals surface area contributed by atoms with Crippen LogP contribution in [0.4, 0.5) is 0 Å². The molecule has 0 aromatic carbocycles. The number of hydrogen-bond acceptors (Lipinski definition) is 4. The zero-order valence-electron chi connectivity index (χ0n) is 8.84. The number of carboxylic acid groups (broad SMARTS) is 1. The van der Waals surface area contributed by atoms with Crippen molar-refractivity contribution in [2.75, 3.05) is 0 Å². The van der Waals surface area contributed by atoms with Crippen molar-refractivity contribution in [2.24, 2.45) is 0 Å². The summed E-state index contributed by atoms with van der Waals surface area (Å²) in [5.41, 5.74) is -1.07. The third-order valence-corrected chi connectivity index (χ3v) is 3.02. The van der Waals surface area contributed by atoms with E-state index in [1.807, 2.05) is 0 Å². The van der Waals surface area contributed by atoms with E-state index in [2.05, 4.69) is 15.5 Å². The van der Waals surface area contributed by atoms with E-state index in [-0.39, 0.29) is 0 Å². The van der Waals surface area contributed by atoms with E-state index < -0.39 is 11.5 Å². The maximum absolute atomic E-state index is 11.1. The lowest BCUT2D eigenvalue weighted by Gasteiger charge is -2.28. The molecule has 0 radical (unpaired) electrons. The van der Waals surface area contributed by atoms with Gasteiger partial charge >= 0.3 is 5.97 Å². The van der Waals surface area contributed by atoms with Gasteiger partial charge in [-0.2, -0.15) is 0 Å². The molecule has 1 aliphatic rings. The lowest BCUT2D eigenvalue weighted by Crippen LogP contribution is -2.38. The van der Waals surface area contributed by atoms with E-state index in [1.54, 1.807) is 13.8 Å². The average Bonchev–Trinajstić information content (AvgIpc) is 2.49. The lowest BCUT2D eigenvalue weighted by atomic mass is 9.84. The quantitative estimate of drug-likeness (QED) is 0.796. The Morgan fingerprint density at radius 3 is 2.67 bits per heavy atom. The van der Waals surface area contributed by atoms with Crippen LogP contribution in [0.3, 0.4) is 0 Å². The van der Waals surface area contributed by atoms with E-state index in [4.69, 9.17) is 5.11 Å². The Hall–Kier alpha value is -1.46. The van der Waals surface area contributed by atoms with Gasteiger partial charge in [0.2, 0.25) is 0 Å². The molecule has 0 aliphatic heterocycles. The van der Waals surface area contributed by atoms with Crippen LogP contribution in [0.2, 0.25) is 0 Å². The van der Waals surface area contributed by atoms with Gasteiger partial charge in [-0.3, -0.25) is 0 Å². The van der Waals surface area contributed by atoms with Gasteiger partial charge in [-0.15, -0.1) is 5.10 Å². The minimum Gasteiger partial charge on any atom is -0.479 e. The fourth-order valence-electron chi connectivity index (χ4n) is 1.60. The number of tetrazole rings is 1. The minimum atomic E-state index is -1.07. The number of nitrogens with zero attached hydrogens (tertiary/aromatic N) is 4. The van der Waals surface area contributed by atoms with Crippen LogP contribution in [0.5, 0.6) is 0 Å². The molecule has 1 aliphatic carbocycles. The second kappa shape index (κ2) is 3.29. The van der Waals surface area contributed by atoms with Gasteiger partial charge in [0, 0.05) is 5.92 Å². The smallest absolute Gasteiger partial charge is 0.331 e. The monoisotopic (exact) mass is 210 g/mol. The Labute approximate surface area is 87.3 Å². The van der Waals surface area contributed by atoms with Crippen molar-refractivity contribution in [2.45, 2.75) is 44.6 Å². The van der Waals surface area contributed by atoms with Gasteiger partial charge in [0.1, 0.15) is 0 Å². The average molecular weight is 210 g/mol. The normalized spacial score (nSPS) is 17.5. The largest absolute Gasteiger partial charge is 0.479 e. The number of carbonyl (C=O) groups is 1. The molecule has 1 aromatic rings. The molecule has 0 bridgehead atoms. The summed E-state index contributed by atoms with van der Waals surface area (Å²) < 4.78 is 1.43. The highest BCUT2D eigenvalue weighted by atomic mass is 16.4. The van der Waals surface area contributed by atoms with Gasteiger partial charge in [-0.25, -0.2) is 9.48 Å². The molecule has 1 heterocycles. The second-order valence-electron chi connectivity index (χ2n) is 4.44. The van der Waals surface area contributed by atoms with Gasteiger partial charge in [0.15, 0.2) is 11.4 Å². The summed E-state index contributed by atoms with van der Waals surface area (Å²) in [4.78, 5) is 11.1. The predicted octanol–water partition coefficient (Wildman–Crippen LogP) is 0.760. The molecule has 0 saturated heterocycles. The van der Waals surface area contributed by atoms with Gasteiger partial charge in [0.25, 0.3) is 0 Å². The molecule has 0 amide bonds. The Balaban J connectivity index is 2.35. The summed E-state index contributed by atoms with van der Waals surface area (Å²) in [5, 5.41) is 20.4. The van der Waals surface area contributed by atoms with Crippen molar-refractivity contribution in [3.63, 3.8) is 0 Å². The van der Waals surface area contributed by atoms with Crippen molar-refractivity contribution in [3.05, 3.63) is 5.82 Å². The molecule has 1 aromatic heterocycles. The van der Waals surface area contributed by atoms with E-state index in [0.29, 0.717) is 11.7 Å². The van der Waals surface area contributed by atoms with Crippen LogP contribution in [0, 0.1) is 0 Å². The molecule has 6 nitrogen and oxygen atoms in total. The van der Waals surface area contributed by atoms with Crippen LogP contribution < -0.4 is 0 Å². The number of aromatic nitrogens is 4. The van der Waals surface area contributed by atoms with E-state index >= 15 is 0 Å². The third-order valence-electron chi connectivity index (χ3n) is 3.02. The van der Waals surface area contributed by atoms with Crippen molar-refractivity contribution in [1.82, 2.24) is 20.2 Å². The van der Waals surface area contributed by atoms with Gasteiger partial charge in [-0.05, 0) is 37.1 Å². The molecule has 0 spiro atoms. The maximum Gasteiger partial charge on any atom is 0.331 e. The molecular formula is C9H14N4O2. The predicted molar refractivity (Wildman–Crippen MR) is 51.4 cm³/mol. The number of hydrogen-bond donors (Lipinski definition) is 1. The van der Waals surface area contributed by atoms with Crippen LogP contribution in [-0.2, 0) is 10.3 Å². The molecule has 82 valence electrons. The Kier molecular flexibility index (Phi) is 2.21. The molecule has 2 rings (SSSR count). The van der Waals surface area contributed by atoms with Gasteiger partial charge in [0.05, 0.1) is 0 Å². The number of aliphatic carboxylic acids is 1. The van der Waals surface area contributed by atoms with Crippen molar-refractivity contribution < 1.29 is 9.90 Å². The van der Waals surface area contributed by atoms with E-state index in [9.17, 15) is 4.79 Å². The molecule has 0 atom stereocenters. The molecule has 1 fully saturated rings. The Morgan fingerprint density at radius 1 is 1.53 bits per heavy atom. The fourth-order valence-corrected chi connectivity index (χ4v) is 1.60. The standard InChI is InChI=1S/C9H14N4O2/c1-9(2,8(14)15)13-7(10-11-12-13)6-4-3-5-6/h6H,3-5H2,1-2H3,(H,14,15). The maximum atomic E-state index is 11.1. The van der Waals surface area contributed by atoms with Gasteiger partial charge < -0.3 is 5.11 Å². The van der Waals surface area contributed by atoms with Crippen molar-refractivity contribution >= 4 is 5.97 Å². The van der Waals surface area contributed by atoms with Gasteiger partial charge in [-0.1, -0.05) is 6.42 Å². The zero-order valence-corrected chi connectivity index (χ0v) is 8.84. The Morgan fingerprint density at radius 2 is 2.20 bits per heavy atom. The van der Waals surface area contributed by atoms with Crippen molar-refractivity contribution in [3.8, 4) is 0 Å². The SMILES string of the molecule is CC(C)(C(=O)O)n1nnnc1C1CCC1. The molecular weight excluding hydrogens is 196 g/mol. The summed E-state index contributed by atoms with van der Waals surface area (Å²) in [6.45, 7) is 3.21. The lowest BCUT2D eigenvalue weighted by molar-refractivity contribution is -0.146. The highest BCUT2D eigenvalue weighted by Gasteiger charge is 2.36. The minimum absolute atomic E-state index is 0.332. The van der Waals surface area contributed by atoms with Crippen LogP contribution in [0.25, 0.3) is 0 Å². The van der Waals surface area contributed by atoms with Crippen molar-refractivity contribution in [1.29, 1.82) is 0 Å². The summed E-state index contributed by atoms with van der Waals surface area (Å²) in [5.74, 6) is 0.114. The topological polar surface area (TPSA) is 80.9 Å². The van der Waals surface area contributed by atoms with Crippen LogP contribution >= 0.6 is 0 Å². The Bertz CT molecular complexity index is 381. The highest BCUT2D eigenvalue weighted by Crippen LogP contribution is 2.36. The molecule has 1 saturated carbocycles. The first kappa shape index (κ1) is 10.1. The molecule has 0 unspecified atom stereocenters. The second-order valence-corrected chi connectivity index (χ2v) is 4.44. The zero-order chi connectivity index (χ0) is 11.1. The highest BCUT2D eigenvalue weighted by molar-refractivity contribution is 5.75. The van der Waals surface area contributed by atoms with Crippen LogP contribution in [0.1, 0.15) is 44.9 Å². The molecule has 15 heavy (non-hydrogen) atoms. The summed E-state index contributed by atoms with van der Waals surface area (Å²) >= 11 is 0. The van der Waals surface area contributed by atoms with Crippen LogP contribution in [-0.4, -0.2) is 31.3 Å². The first-order valence-electron chi connectivity index (χ1n) is 5.05. The van der Waals surface area contributed by atoms with E-state index in [0.717, 1.165) is 12.8 Å². The first-order chi connectivity index (χ1) is 7.03. The van der Waals surface area contributed by atoms with E-state index in [1.165, 1.54) is 11.1 Å². The first-order valence-corrected chi connectivity index (χ1v) is 5.05. The summed E-state index contributed by atoms with van der Waals surface area (Å²) in [7, 11) is 0. The summed E-state index contributed by atoms with van der Waals surface area (Å²) in [6, 6.07) is 0. The summed E-state index contributed by atoms with van der Waals surface area (Å²) in [6.07, 6.45) is 3.27. The molecule has 6 heteroatoms. The number of carboxylic acids is 1. The third kappa shape index (κ3) is 1.49.